The van der Waals surface area contributed by atoms with E-state index in [0.29, 0.717) is 12.0 Å². The molecule has 0 heterocycles. The van der Waals surface area contributed by atoms with Gasteiger partial charge in [-0.2, -0.15) is 0 Å². The van der Waals surface area contributed by atoms with Gasteiger partial charge in [-0.3, -0.25) is 4.79 Å². The largest absolute Gasteiger partial charge is 0.348 e. The number of halogens is 1. The Morgan fingerprint density at radius 2 is 1.67 bits per heavy atom. The fourth-order valence-corrected chi connectivity index (χ4v) is 2.79. The van der Waals surface area contributed by atoms with E-state index in [2.05, 4.69) is 5.32 Å². The minimum Gasteiger partial charge on any atom is -0.348 e. The van der Waals surface area contributed by atoms with E-state index in [4.69, 9.17) is 0 Å². The molecule has 1 N–H and O–H groups in total. The highest BCUT2D eigenvalue weighted by Crippen LogP contribution is 2.22. The first-order chi connectivity index (χ1) is 11.3. The van der Waals surface area contributed by atoms with Crippen molar-refractivity contribution in [2.24, 2.45) is 0 Å². The van der Waals surface area contributed by atoms with Gasteiger partial charge < -0.3 is 5.32 Å². The monoisotopic (exact) mass is 349 g/mol. The third kappa shape index (κ3) is 4.64. The van der Waals surface area contributed by atoms with Crippen molar-refractivity contribution in [3.05, 3.63) is 71.5 Å². The van der Waals surface area contributed by atoms with Crippen LogP contribution in [0.1, 0.15) is 24.1 Å². The normalized spacial score (nSPS) is 14.0. The van der Waals surface area contributed by atoms with Crippen molar-refractivity contribution in [1.82, 2.24) is 5.32 Å². The fraction of sp³-hybridized carbons (Fsp3) is 0.278. The Bertz CT molecular complexity index is 806. The number of rotatable bonds is 6. The summed E-state index contributed by atoms with van der Waals surface area (Å²) in [6.07, 6.45) is 1.37. The lowest BCUT2D eigenvalue weighted by atomic mass is 9.98. The highest BCUT2D eigenvalue weighted by atomic mass is 32.2. The summed E-state index contributed by atoms with van der Waals surface area (Å²) < 4.78 is 37.3. The van der Waals surface area contributed by atoms with E-state index < -0.39 is 32.9 Å². The van der Waals surface area contributed by atoms with Crippen LogP contribution in [0.15, 0.2) is 54.6 Å². The van der Waals surface area contributed by atoms with Gasteiger partial charge in [-0.05, 0) is 25.0 Å². The number of hydrogen-bond donors (Lipinski definition) is 1. The van der Waals surface area contributed by atoms with E-state index in [0.717, 1.165) is 11.8 Å². The molecule has 0 bridgehead atoms. The first-order valence-electron chi connectivity index (χ1n) is 7.56. The van der Waals surface area contributed by atoms with Crippen LogP contribution in [0.25, 0.3) is 0 Å². The third-order valence-electron chi connectivity index (χ3n) is 3.89. The molecule has 0 spiro atoms. The molecule has 1 amide bonds. The van der Waals surface area contributed by atoms with Crippen LogP contribution in [0.2, 0.25) is 0 Å². The molecule has 6 heteroatoms. The molecule has 0 fully saturated rings. The molecule has 128 valence electrons. The number of sulfone groups is 1. The molecule has 0 saturated heterocycles. The van der Waals surface area contributed by atoms with Gasteiger partial charge in [0.1, 0.15) is 11.1 Å². The maximum atomic E-state index is 14.2. The van der Waals surface area contributed by atoms with Crippen LogP contribution >= 0.6 is 0 Å². The van der Waals surface area contributed by atoms with Gasteiger partial charge in [0.15, 0.2) is 9.84 Å². The van der Waals surface area contributed by atoms with E-state index in [1.807, 2.05) is 30.3 Å². The minimum atomic E-state index is -3.52. The van der Waals surface area contributed by atoms with Crippen LogP contribution in [0.5, 0.6) is 0 Å². The Labute approximate surface area is 141 Å². The van der Waals surface area contributed by atoms with E-state index >= 15 is 0 Å². The van der Waals surface area contributed by atoms with Crippen molar-refractivity contribution in [3.63, 3.8) is 0 Å². The fourth-order valence-electron chi connectivity index (χ4n) is 2.33. The predicted octanol–water partition coefficient (Wildman–Crippen LogP) is 2.66. The van der Waals surface area contributed by atoms with Crippen molar-refractivity contribution >= 4 is 15.7 Å². The van der Waals surface area contributed by atoms with Crippen LogP contribution in [-0.4, -0.2) is 25.8 Å². The number of nitrogens with one attached hydrogen (secondary N) is 1. The van der Waals surface area contributed by atoms with Crippen molar-refractivity contribution in [2.45, 2.75) is 24.6 Å². The summed E-state index contributed by atoms with van der Waals surface area (Å²) in [4.78, 5) is 12.3. The molecule has 2 aromatic carbocycles. The van der Waals surface area contributed by atoms with E-state index in [-0.39, 0.29) is 0 Å². The second-order valence-corrected chi connectivity index (χ2v) is 8.11. The first kappa shape index (κ1) is 18.1. The van der Waals surface area contributed by atoms with Gasteiger partial charge in [-0.15, -0.1) is 0 Å². The second-order valence-electron chi connectivity index (χ2n) is 5.74. The highest BCUT2D eigenvalue weighted by Gasteiger charge is 2.27. The zero-order valence-corrected chi connectivity index (χ0v) is 14.4. The molecule has 0 aliphatic heterocycles. The summed E-state index contributed by atoms with van der Waals surface area (Å²) in [7, 11) is -3.52. The standard InChI is InChI=1S/C18H20FNO3S/c1-13(24(2,22)23)18(21)20-17(12-14-8-4-3-5-9-14)15-10-6-7-11-16(15)19/h3-11,13,17H,12H2,1-2H3,(H,20,21)/t13-,17+/m1/s1. The van der Waals surface area contributed by atoms with Gasteiger partial charge >= 0.3 is 0 Å². The summed E-state index contributed by atoms with van der Waals surface area (Å²) in [5.41, 5.74) is 1.24. The van der Waals surface area contributed by atoms with Crippen molar-refractivity contribution < 1.29 is 17.6 Å². The molecule has 24 heavy (non-hydrogen) atoms. The molecule has 4 nitrogen and oxygen atoms in total. The van der Waals surface area contributed by atoms with Gasteiger partial charge in [0.05, 0.1) is 6.04 Å². The van der Waals surface area contributed by atoms with Crippen LogP contribution in [0, 0.1) is 5.82 Å². The minimum absolute atomic E-state index is 0.329. The molecular formula is C18H20FNO3S. The molecule has 0 unspecified atom stereocenters. The van der Waals surface area contributed by atoms with Gasteiger partial charge in [-0.1, -0.05) is 48.5 Å². The Kier molecular flexibility index (Phi) is 5.72. The molecule has 2 atom stereocenters. The first-order valence-corrected chi connectivity index (χ1v) is 9.52. The Balaban J connectivity index is 2.30. The van der Waals surface area contributed by atoms with E-state index in [1.165, 1.54) is 13.0 Å². The number of amides is 1. The molecule has 2 rings (SSSR count). The summed E-state index contributed by atoms with van der Waals surface area (Å²) in [5.74, 6) is -1.08. The Morgan fingerprint density at radius 3 is 2.25 bits per heavy atom. The van der Waals surface area contributed by atoms with Gasteiger partial charge in [0, 0.05) is 11.8 Å². The molecule has 0 aliphatic carbocycles. The van der Waals surface area contributed by atoms with Crippen molar-refractivity contribution in [3.8, 4) is 0 Å². The summed E-state index contributed by atoms with van der Waals surface area (Å²) in [6.45, 7) is 1.32. The SMILES string of the molecule is C[C@H](C(=O)N[C@@H](Cc1ccccc1)c1ccccc1F)S(C)(=O)=O. The average molecular weight is 349 g/mol. The summed E-state index contributed by atoms with van der Waals surface area (Å²) >= 11 is 0. The lowest BCUT2D eigenvalue weighted by Crippen LogP contribution is -2.40. The van der Waals surface area contributed by atoms with Gasteiger partial charge in [-0.25, -0.2) is 12.8 Å². The zero-order valence-electron chi connectivity index (χ0n) is 13.6. The van der Waals surface area contributed by atoms with Crippen LogP contribution in [0.4, 0.5) is 4.39 Å². The zero-order chi connectivity index (χ0) is 17.7. The van der Waals surface area contributed by atoms with E-state index in [9.17, 15) is 17.6 Å². The quantitative estimate of drug-likeness (QED) is 0.872. The summed E-state index contributed by atoms with van der Waals surface area (Å²) in [5, 5.41) is 1.48. The number of carbonyl (C=O) groups is 1. The topological polar surface area (TPSA) is 63.2 Å². The molecule has 0 saturated carbocycles. The maximum Gasteiger partial charge on any atom is 0.238 e. The molecular weight excluding hydrogens is 329 g/mol. The maximum absolute atomic E-state index is 14.2. The lowest BCUT2D eigenvalue weighted by molar-refractivity contribution is -0.121. The number of carbonyl (C=O) groups excluding carboxylic acids is 1. The Morgan fingerprint density at radius 1 is 1.08 bits per heavy atom. The highest BCUT2D eigenvalue weighted by molar-refractivity contribution is 7.92. The Hall–Kier alpha value is -2.21. The molecule has 0 aliphatic rings. The smallest absolute Gasteiger partial charge is 0.238 e. The second kappa shape index (κ2) is 7.57. The van der Waals surface area contributed by atoms with Crippen LogP contribution < -0.4 is 5.32 Å². The summed E-state index contributed by atoms with van der Waals surface area (Å²) in [6, 6.07) is 14.8. The van der Waals surface area contributed by atoms with Crippen LogP contribution in [0.3, 0.4) is 0 Å². The van der Waals surface area contributed by atoms with E-state index in [1.54, 1.807) is 18.2 Å². The van der Waals surface area contributed by atoms with Crippen molar-refractivity contribution in [2.75, 3.05) is 6.26 Å². The van der Waals surface area contributed by atoms with Crippen LogP contribution in [-0.2, 0) is 21.1 Å². The van der Waals surface area contributed by atoms with Gasteiger partial charge in [0.2, 0.25) is 5.91 Å². The molecule has 0 aromatic heterocycles. The number of hydrogen-bond acceptors (Lipinski definition) is 3. The predicted molar refractivity (Wildman–Crippen MR) is 91.7 cm³/mol. The molecule has 2 aromatic rings. The average Bonchev–Trinajstić information content (AvgIpc) is 2.54. The number of benzene rings is 2. The molecule has 0 radical (unpaired) electrons. The van der Waals surface area contributed by atoms with Gasteiger partial charge in [0.25, 0.3) is 0 Å². The lowest BCUT2D eigenvalue weighted by Gasteiger charge is -2.22. The van der Waals surface area contributed by atoms with Crippen molar-refractivity contribution in [1.29, 1.82) is 0 Å². The third-order valence-corrected chi connectivity index (χ3v) is 5.39.